The third-order valence-electron chi connectivity index (χ3n) is 2.50. The van der Waals surface area contributed by atoms with Gasteiger partial charge in [0.2, 0.25) is 5.88 Å². The molecule has 1 aromatic carbocycles. The number of halogens is 1. The van der Waals surface area contributed by atoms with E-state index in [0.717, 1.165) is 13.0 Å². The summed E-state index contributed by atoms with van der Waals surface area (Å²) in [5.41, 5.74) is -0.144. The fourth-order valence-electron chi connectivity index (χ4n) is 1.56. The van der Waals surface area contributed by atoms with E-state index in [1.165, 1.54) is 24.5 Å². The summed E-state index contributed by atoms with van der Waals surface area (Å²) in [4.78, 5) is 7.98. The lowest BCUT2D eigenvalue weighted by Gasteiger charge is -2.08. The number of nitrogens with zero attached hydrogens (tertiary/aromatic N) is 3. The number of nitrogens with one attached hydrogen (secondary N) is 1. The van der Waals surface area contributed by atoms with Crippen molar-refractivity contribution in [2.75, 3.05) is 11.9 Å². The Morgan fingerprint density at radius 3 is 3.00 bits per heavy atom. The highest BCUT2D eigenvalue weighted by Crippen LogP contribution is 2.26. The number of rotatable bonds is 5. The number of hydrogen-bond donors (Lipinski definition) is 1. The third-order valence-corrected chi connectivity index (χ3v) is 2.50. The van der Waals surface area contributed by atoms with Crippen molar-refractivity contribution in [1.29, 1.82) is 5.26 Å². The molecule has 0 atom stereocenters. The molecule has 5 nitrogen and oxygen atoms in total. The molecular formula is C14H13FN4O. The molecule has 0 aliphatic rings. The number of anilines is 1. The molecule has 1 aromatic heterocycles. The van der Waals surface area contributed by atoms with Gasteiger partial charge >= 0.3 is 0 Å². The maximum atomic E-state index is 13.5. The fourth-order valence-corrected chi connectivity index (χ4v) is 1.56. The maximum absolute atomic E-state index is 13.5. The van der Waals surface area contributed by atoms with E-state index in [-0.39, 0.29) is 17.2 Å². The van der Waals surface area contributed by atoms with Crippen LogP contribution < -0.4 is 10.1 Å². The first kappa shape index (κ1) is 13.7. The van der Waals surface area contributed by atoms with Gasteiger partial charge in [-0.1, -0.05) is 13.0 Å². The van der Waals surface area contributed by atoms with E-state index >= 15 is 0 Å². The lowest BCUT2D eigenvalue weighted by atomic mass is 10.2. The summed E-state index contributed by atoms with van der Waals surface area (Å²) >= 11 is 0. The summed E-state index contributed by atoms with van der Waals surface area (Å²) in [6.07, 6.45) is 2.31. The van der Waals surface area contributed by atoms with Crippen LogP contribution in [0.1, 0.15) is 18.9 Å². The monoisotopic (exact) mass is 272 g/mol. The Labute approximate surface area is 116 Å². The first-order valence-corrected chi connectivity index (χ1v) is 6.17. The zero-order valence-electron chi connectivity index (χ0n) is 10.9. The molecule has 1 N–H and O–H groups in total. The van der Waals surface area contributed by atoms with Crippen LogP contribution in [0.5, 0.6) is 11.6 Å². The van der Waals surface area contributed by atoms with Crippen molar-refractivity contribution in [1.82, 2.24) is 9.97 Å². The summed E-state index contributed by atoms with van der Waals surface area (Å²) in [5, 5.41) is 12.0. The Kier molecular flexibility index (Phi) is 4.45. The van der Waals surface area contributed by atoms with Crippen LogP contribution in [0.4, 0.5) is 10.2 Å². The van der Waals surface area contributed by atoms with Gasteiger partial charge in [0, 0.05) is 12.6 Å². The Bertz CT molecular complexity index is 639. The van der Waals surface area contributed by atoms with Crippen LogP contribution in [0.2, 0.25) is 0 Å². The van der Waals surface area contributed by atoms with Gasteiger partial charge in [-0.15, -0.1) is 0 Å². The molecule has 0 spiro atoms. The molecule has 0 saturated carbocycles. The highest BCUT2D eigenvalue weighted by Gasteiger charge is 2.10. The predicted molar refractivity (Wildman–Crippen MR) is 72.0 cm³/mol. The van der Waals surface area contributed by atoms with Gasteiger partial charge in [-0.3, -0.25) is 0 Å². The van der Waals surface area contributed by atoms with Gasteiger partial charge in [0.1, 0.15) is 35.3 Å². The summed E-state index contributed by atoms with van der Waals surface area (Å²) in [6.45, 7) is 2.82. The molecule has 6 heteroatoms. The van der Waals surface area contributed by atoms with Gasteiger partial charge in [-0.2, -0.15) is 5.26 Å². The largest absolute Gasteiger partial charge is 0.437 e. The molecule has 102 valence electrons. The van der Waals surface area contributed by atoms with Gasteiger partial charge in [0.05, 0.1) is 0 Å². The van der Waals surface area contributed by atoms with Crippen LogP contribution in [0.3, 0.4) is 0 Å². The summed E-state index contributed by atoms with van der Waals surface area (Å²) < 4.78 is 18.9. The quantitative estimate of drug-likeness (QED) is 0.905. The molecule has 0 radical (unpaired) electrons. The van der Waals surface area contributed by atoms with E-state index in [9.17, 15) is 4.39 Å². The van der Waals surface area contributed by atoms with Crippen molar-refractivity contribution >= 4 is 5.82 Å². The topological polar surface area (TPSA) is 70.8 Å². The van der Waals surface area contributed by atoms with E-state index in [0.29, 0.717) is 5.82 Å². The lowest BCUT2D eigenvalue weighted by molar-refractivity contribution is 0.455. The van der Waals surface area contributed by atoms with Crippen molar-refractivity contribution in [3.05, 3.63) is 42.0 Å². The molecule has 0 unspecified atom stereocenters. The Hall–Kier alpha value is -2.68. The zero-order chi connectivity index (χ0) is 14.4. The second-order valence-electron chi connectivity index (χ2n) is 4.00. The standard InChI is InChI=1S/C14H13FN4O/c1-2-6-17-13-7-14(19-9-18-13)20-12-5-3-4-11(15)10(12)8-16/h3-5,7,9H,2,6H2,1H3,(H,17,18,19). The van der Waals surface area contributed by atoms with Crippen LogP contribution in [0.25, 0.3) is 0 Å². The fraction of sp³-hybridized carbons (Fsp3) is 0.214. The minimum atomic E-state index is -0.622. The highest BCUT2D eigenvalue weighted by molar-refractivity contribution is 5.46. The molecule has 2 rings (SSSR count). The number of benzene rings is 1. The maximum Gasteiger partial charge on any atom is 0.224 e. The smallest absolute Gasteiger partial charge is 0.224 e. The Morgan fingerprint density at radius 1 is 1.40 bits per heavy atom. The van der Waals surface area contributed by atoms with Crippen molar-refractivity contribution in [2.45, 2.75) is 13.3 Å². The van der Waals surface area contributed by atoms with Crippen LogP contribution in [-0.4, -0.2) is 16.5 Å². The second-order valence-corrected chi connectivity index (χ2v) is 4.00. The molecule has 20 heavy (non-hydrogen) atoms. The second kappa shape index (κ2) is 6.48. The molecular weight excluding hydrogens is 259 g/mol. The van der Waals surface area contributed by atoms with E-state index in [1.54, 1.807) is 12.1 Å². The van der Waals surface area contributed by atoms with E-state index < -0.39 is 5.82 Å². The molecule has 0 bridgehead atoms. The number of ether oxygens (including phenoxy) is 1. The first-order chi connectivity index (χ1) is 9.74. The average molecular weight is 272 g/mol. The van der Waals surface area contributed by atoms with Crippen LogP contribution in [0, 0.1) is 17.1 Å². The molecule has 2 aromatic rings. The van der Waals surface area contributed by atoms with Crippen molar-refractivity contribution < 1.29 is 9.13 Å². The number of aromatic nitrogens is 2. The summed E-state index contributed by atoms with van der Waals surface area (Å²) in [7, 11) is 0. The van der Waals surface area contributed by atoms with Crippen LogP contribution in [-0.2, 0) is 0 Å². The van der Waals surface area contributed by atoms with Crippen molar-refractivity contribution in [3.8, 4) is 17.7 Å². The Balaban J connectivity index is 2.22. The number of hydrogen-bond acceptors (Lipinski definition) is 5. The molecule has 0 aliphatic carbocycles. The highest BCUT2D eigenvalue weighted by atomic mass is 19.1. The molecule has 1 heterocycles. The van der Waals surface area contributed by atoms with Gasteiger partial charge < -0.3 is 10.1 Å². The van der Waals surface area contributed by atoms with Crippen LogP contribution in [0.15, 0.2) is 30.6 Å². The van der Waals surface area contributed by atoms with E-state index in [1.807, 2.05) is 6.92 Å². The molecule has 0 fully saturated rings. The van der Waals surface area contributed by atoms with Crippen LogP contribution >= 0.6 is 0 Å². The third kappa shape index (κ3) is 3.20. The van der Waals surface area contributed by atoms with Crippen molar-refractivity contribution in [2.24, 2.45) is 0 Å². The zero-order valence-corrected chi connectivity index (χ0v) is 10.9. The van der Waals surface area contributed by atoms with Gasteiger partial charge in [0.25, 0.3) is 0 Å². The summed E-state index contributed by atoms with van der Waals surface area (Å²) in [5.74, 6) is 0.378. The average Bonchev–Trinajstić information content (AvgIpc) is 2.46. The predicted octanol–water partition coefficient (Wildman–Crippen LogP) is 3.10. The van der Waals surface area contributed by atoms with E-state index in [2.05, 4.69) is 15.3 Å². The van der Waals surface area contributed by atoms with Gasteiger partial charge in [-0.05, 0) is 18.6 Å². The Morgan fingerprint density at radius 2 is 2.25 bits per heavy atom. The summed E-state index contributed by atoms with van der Waals surface area (Å²) in [6, 6.07) is 7.57. The molecule has 0 saturated heterocycles. The molecule has 0 amide bonds. The first-order valence-electron chi connectivity index (χ1n) is 6.17. The normalized spacial score (nSPS) is 9.85. The number of nitriles is 1. The van der Waals surface area contributed by atoms with Crippen molar-refractivity contribution in [3.63, 3.8) is 0 Å². The van der Waals surface area contributed by atoms with E-state index in [4.69, 9.17) is 10.00 Å². The van der Waals surface area contributed by atoms with Gasteiger partial charge in [0.15, 0.2) is 0 Å². The van der Waals surface area contributed by atoms with Gasteiger partial charge in [-0.25, -0.2) is 14.4 Å². The minimum absolute atomic E-state index is 0.132. The SMILES string of the molecule is CCCNc1cc(Oc2cccc(F)c2C#N)ncn1. The lowest BCUT2D eigenvalue weighted by Crippen LogP contribution is -2.02. The minimum Gasteiger partial charge on any atom is -0.437 e. The molecule has 0 aliphatic heterocycles.